The standard InChI is InChI=1S/C19H17FN2O4S/c20-15-8-6-14(7-9-15)11-19(23)22-16-3-1-5-18(12-16)27(24,25)21-13-17-4-2-10-26-17/h1-10,12,21H,11,13H2,(H,22,23). The number of anilines is 1. The van der Waals surface area contributed by atoms with Gasteiger partial charge in [-0.2, -0.15) is 0 Å². The zero-order valence-corrected chi connectivity index (χ0v) is 15.0. The fraction of sp³-hybridized carbons (Fsp3) is 0.105. The molecule has 2 N–H and O–H groups in total. The van der Waals surface area contributed by atoms with E-state index in [0.29, 0.717) is 17.0 Å². The summed E-state index contributed by atoms with van der Waals surface area (Å²) in [6.45, 7) is 0.0243. The van der Waals surface area contributed by atoms with E-state index in [2.05, 4.69) is 10.0 Å². The van der Waals surface area contributed by atoms with E-state index in [9.17, 15) is 17.6 Å². The van der Waals surface area contributed by atoms with Crippen LogP contribution in [-0.2, 0) is 27.8 Å². The first kappa shape index (κ1) is 18.8. The zero-order valence-electron chi connectivity index (χ0n) is 14.2. The molecule has 27 heavy (non-hydrogen) atoms. The van der Waals surface area contributed by atoms with Crippen molar-refractivity contribution in [3.8, 4) is 0 Å². The maximum absolute atomic E-state index is 12.9. The highest BCUT2D eigenvalue weighted by molar-refractivity contribution is 7.89. The first-order valence-corrected chi connectivity index (χ1v) is 9.57. The van der Waals surface area contributed by atoms with Crippen molar-refractivity contribution in [2.75, 3.05) is 5.32 Å². The molecule has 0 radical (unpaired) electrons. The Kier molecular flexibility index (Phi) is 5.68. The molecule has 0 aliphatic rings. The average Bonchev–Trinajstić information content (AvgIpc) is 3.16. The number of furan rings is 1. The second-order valence-corrected chi connectivity index (χ2v) is 7.55. The molecule has 0 aliphatic carbocycles. The molecule has 0 spiro atoms. The number of amides is 1. The Bertz CT molecular complexity index is 1020. The minimum Gasteiger partial charge on any atom is -0.468 e. The van der Waals surface area contributed by atoms with Crippen molar-refractivity contribution in [1.29, 1.82) is 0 Å². The topological polar surface area (TPSA) is 88.4 Å². The summed E-state index contributed by atoms with van der Waals surface area (Å²) in [5, 5.41) is 2.64. The van der Waals surface area contributed by atoms with Gasteiger partial charge in [-0.1, -0.05) is 18.2 Å². The van der Waals surface area contributed by atoms with Crippen molar-refractivity contribution >= 4 is 21.6 Å². The van der Waals surface area contributed by atoms with Crippen LogP contribution in [0.1, 0.15) is 11.3 Å². The third-order valence-electron chi connectivity index (χ3n) is 3.72. The van der Waals surface area contributed by atoms with Gasteiger partial charge in [-0.15, -0.1) is 0 Å². The lowest BCUT2D eigenvalue weighted by Crippen LogP contribution is -2.23. The number of hydrogen-bond acceptors (Lipinski definition) is 4. The monoisotopic (exact) mass is 388 g/mol. The first-order valence-electron chi connectivity index (χ1n) is 8.09. The summed E-state index contributed by atoms with van der Waals surface area (Å²) in [6.07, 6.45) is 1.51. The van der Waals surface area contributed by atoms with Crippen molar-refractivity contribution in [2.24, 2.45) is 0 Å². The molecular formula is C19H17FN2O4S. The summed E-state index contributed by atoms with van der Waals surface area (Å²) in [4.78, 5) is 12.1. The molecule has 2 aromatic carbocycles. The maximum atomic E-state index is 12.9. The van der Waals surface area contributed by atoms with Gasteiger partial charge in [0.15, 0.2) is 0 Å². The second kappa shape index (κ2) is 8.15. The van der Waals surface area contributed by atoms with Gasteiger partial charge in [-0.05, 0) is 48.0 Å². The van der Waals surface area contributed by atoms with Crippen LogP contribution in [0.3, 0.4) is 0 Å². The molecule has 0 saturated carbocycles. The van der Waals surface area contributed by atoms with Gasteiger partial charge in [-0.25, -0.2) is 17.5 Å². The van der Waals surface area contributed by atoms with E-state index in [1.165, 1.54) is 48.7 Å². The highest BCUT2D eigenvalue weighted by atomic mass is 32.2. The predicted molar refractivity (Wildman–Crippen MR) is 97.9 cm³/mol. The largest absolute Gasteiger partial charge is 0.468 e. The van der Waals surface area contributed by atoms with Gasteiger partial charge in [-0.3, -0.25) is 4.79 Å². The van der Waals surface area contributed by atoms with Crippen molar-refractivity contribution in [3.63, 3.8) is 0 Å². The highest BCUT2D eigenvalue weighted by Gasteiger charge is 2.15. The van der Waals surface area contributed by atoms with E-state index in [1.54, 1.807) is 18.2 Å². The third-order valence-corrected chi connectivity index (χ3v) is 5.12. The van der Waals surface area contributed by atoms with Crippen molar-refractivity contribution < 1.29 is 22.0 Å². The molecular weight excluding hydrogens is 371 g/mol. The number of nitrogens with one attached hydrogen (secondary N) is 2. The Morgan fingerprint density at radius 1 is 1.04 bits per heavy atom. The molecule has 6 nitrogen and oxygen atoms in total. The fourth-order valence-electron chi connectivity index (χ4n) is 2.40. The lowest BCUT2D eigenvalue weighted by atomic mass is 10.1. The van der Waals surface area contributed by atoms with E-state index < -0.39 is 10.0 Å². The van der Waals surface area contributed by atoms with Gasteiger partial charge in [0.2, 0.25) is 15.9 Å². The van der Waals surface area contributed by atoms with Gasteiger partial charge in [0.05, 0.1) is 24.1 Å². The summed E-state index contributed by atoms with van der Waals surface area (Å²) in [5.74, 6) is -0.221. The molecule has 3 rings (SSSR count). The molecule has 140 valence electrons. The summed E-state index contributed by atoms with van der Waals surface area (Å²) in [5.41, 5.74) is 1.00. The van der Waals surface area contributed by atoms with Gasteiger partial charge in [0.1, 0.15) is 11.6 Å². The average molecular weight is 388 g/mol. The Morgan fingerprint density at radius 3 is 2.52 bits per heavy atom. The number of hydrogen-bond donors (Lipinski definition) is 2. The molecule has 0 atom stereocenters. The van der Waals surface area contributed by atoms with Crippen LogP contribution >= 0.6 is 0 Å². The SMILES string of the molecule is O=C(Cc1ccc(F)cc1)Nc1cccc(S(=O)(=O)NCc2ccco2)c1. The summed E-state index contributed by atoms with van der Waals surface area (Å²) >= 11 is 0. The minimum atomic E-state index is -3.76. The number of carbonyl (C=O) groups excluding carboxylic acids is 1. The van der Waals surface area contributed by atoms with E-state index in [-0.39, 0.29) is 29.6 Å². The first-order chi connectivity index (χ1) is 12.9. The molecule has 0 bridgehead atoms. The smallest absolute Gasteiger partial charge is 0.241 e. The van der Waals surface area contributed by atoms with Crippen LogP contribution in [0.5, 0.6) is 0 Å². The number of rotatable bonds is 7. The second-order valence-electron chi connectivity index (χ2n) is 5.78. The summed E-state index contributed by atoms with van der Waals surface area (Å²) in [6, 6.07) is 14.9. The highest BCUT2D eigenvalue weighted by Crippen LogP contribution is 2.16. The summed E-state index contributed by atoms with van der Waals surface area (Å²) in [7, 11) is -3.76. The normalized spacial score (nSPS) is 11.3. The third kappa shape index (κ3) is 5.25. The van der Waals surface area contributed by atoms with E-state index in [0.717, 1.165) is 0 Å². The van der Waals surface area contributed by atoms with E-state index >= 15 is 0 Å². The number of sulfonamides is 1. The van der Waals surface area contributed by atoms with Gasteiger partial charge >= 0.3 is 0 Å². The predicted octanol–water partition coefficient (Wildman–Crippen LogP) is 3.08. The summed E-state index contributed by atoms with van der Waals surface area (Å²) < 4.78 is 45.2. The zero-order chi connectivity index (χ0) is 19.3. The Labute approximate surface area is 156 Å². The van der Waals surface area contributed by atoms with Crippen LogP contribution in [0.4, 0.5) is 10.1 Å². The molecule has 8 heteroatoms. The number of benzene rings is 2. The molecule has 0 aliphatic heterocycles. The van der Waals surface area contributed by atoms with Crippen molar-refractivity contribution in [3.05, 3.63) is 84.1 Å². The molecule has 0 fully saturated rings. The van der Waals surface area contributed by atoms with Gasteiger partial charge in [0.25, 0.3) is 0 Å². The Morgan fingerprint density at radius 2 is 1.81 bits per heavy atom. The van der Waals surface area contributed by atoms with Crippen LogP contribution in [0.2, 0.25) is 0 Å². The number of carbonyl (C=O) groups is 1. The molecule has 0 unspecified atom stereocenters. The maximum Gasteiger partial charge on any atom is 0.241 e. The Balaban J connectivity index is 1.65. The fourth-order valence-corrected chi connectivity index (χ4v) is 3.44. The quantitative estimate of drug-likeness (QED) is 0.651. The number of halogens is 1. The van der Waals surface area contributed by atoms with Crippen LogP contribution < -0.4 is 10.0 Å². The minimum absolute atomic E-state index is 0.0219. The Hall–Kier alpha value is -2.97. The molecule has 0 saturated heterocycles. The van der Waals surface area contributed by atoms with Crippen LogP contribution in [0.25, 0.3) is 0 Å². The van der Waals surface area contributed by atoms with E-state index in [4.69, 9.17) is 4.42 Å². The van der Waals surface area contributed by atoms with Crippen LogP contribution in [0, 0.1) is 5.82 Å². The lowest BCUT2D eigenvalue weighted by Gasteiger charge is -2.09. The van der Waals surface area contributed by atoms with Gasteiger partial charge < -0.3 is 9.73 Å². The molecule has 1 amide bonds. The van der Waals surface area contributed by atoms with Gasteiger partial charge in [0, 0.05) is 5.69 Å². The molecule has 1 heterocycles. The van der Waals surface area contributed by atoms with Crippen molar-refractivity contribution in [2.45, 2.75) is 17.9 Å². The van der Waals surface area contributed by atoms with E-state index in [1.807, 2.05) is 0 Å². The van der Waals surface area contributed by atoms with Crippen LogP contribution in [-0.4, -0.2) is 14.3 Å². The molecule has 3 aromatic rings. The van der Waals surface area contributed by atoms with Crippen molar-refractivity contribution in [1.82, 2.24) is 4.72 Å². The molecule has 1 aromatic heterocycles. The lowest BCUT2D eigenvalue weighted by molar-refractivity contribution is -0.115. The van der Waals surface area contributed by atoms with Crippen LogP contribution in [0.15, 0.2) is 76.2 Å².